The summed E-state index contributed by atoms with van der Waals surface area (Å²) >= 11 is 0. The molecule has 0 atom stereocenters. The van der Waals surface area contributed by atoms with E-state index in [0.29, 0.717) is 0 Å². The monoisotopic (exact) mass is 181 g/mol. The van der Waals surface area contributed by atoms with Crippen LogP contribution < -0.4 is 0 Å². The van der Waals surface area contributed by atoms with Gasteiger partial charge in [-0.2, -0.15) is 0 Å². The van der Waals surface area contributed by atoms with E-state index >= 15 is 0 Å². The standard InChI is InChI=1S/C11H19NO/c1-2-3-4-5-6-7-8-11-12-9-10-13-11/h9-10H,2-8H2,1H3. The number of unbranched alkanes of at least 4 members (excludes halogenated alkanes) is 5. The number of aromatic nitrogens is 1. The van der Waals surface area contributed by atoms with Gasteiger partial charge in [-0.3, -0.25) is 0 Å². The van der Waals surface area contributed by atoms with Crippen LogP contribution in [0.25, 0.3) is 0 Å². The van der Waals surface area contributed by atoms with Gasteiger partial charge in [0.25, 0.3) is 0 Å². The first-order valence-electron chi connectivity index (χ1n) is 5.32. The minimum absolute atomic E-state index is 0.885. The van der Waals surface area contributed by atoms with E-state index in [1.807, 2.05) is 0 Å². The number of aryl methyl sites for hydroxylation is 1. The number of rotatable bonds is 7. The zero-order chi connectivity index (χ0) is 9.36. The topological polar surface area (TPSA) is 26.0 Å². The largest absolute Gasteiger partial charge is 0.449 e. The summed E-state index contributed by atoms with van der Waals surface area (Å²) in [7, 11) is 0. The molecule has 1 aromatic heterocycles. The fraction of sp³-hybridized carbons (Fsp3) is 0.727. The average molecular weight is 181 g/mol. The molecule has 0 unspecified atom stereocenters. The molecule has 0 aliphatic carbocycles. The van der Waals surface area contributed by atoms with Crippen molar-refractivity contribution in [2.45, 2.75) is 51.9 Å². The molecule has 0 aliphatic rings. The van der Waals surface area contributed by atoms with Crippen LogP contribution in [0.5, 0.6) is 0 Å². The Labute approximate surface area is 80.4 Å². The molecule has 2 heteroatoms. The van der Waals surface area contributed by atoms with Crippen LogP contribution in [0.2, 0.25) is 0 Å². The van der Waals surface area contributed by atoms with Crippen molar-refractivity contribution in [1.82, 2.24) is 4.98 Å². The number of nitrogens with zero attached hydrogens (tertiary/aromatic N) is 1. The number of oxazole rings is 1. The average Bonchev–Trinajstić information content (AvgIpc) is 2.63. The van der Waals surface area contributed by atoms with Gasteiger partial charge >= 0.3 is 0 Å². The predicted molar refractivity (Wildman–Crippen MR) is 53.6 cm³/mol. The Morgan fingerprint density at radius 3 is 2.62 bits per heavy atom. The summed E-state index contributed by atoms with van der Waals surface area (Å²) in [6, 6.07) is 0. The van der Waals surface area contributed by atoms with Crippen molar-refractivity contribution in [3.63, 3.8) is 0 Å². The molecule has 0 fully saturated rings. The fourth-order valence-corrected chi connectivity index (χ4v) is 1.43. The van der Waals surface area contributed by atoms with Gasteiger partial charge in [-0.1, -0.05) is 39.0 Å². The Balaban J connectivity index is 1.90. The quantitative estimate of drug-likeness (QED) is 0.601. The molecule has 1 rings (SSSR count). The van der Waals surface area contributed by atoms with Crippen LogP contribution in [0.4, 0.5) is 0 Å². The smallest absolute Gasteiger partial charge is 0.193 e. The van der Waals surface area contributed by atoms with E-state index in [-0.39, 0.29) is 0 Å². The highest BCUT2D eigenvalue weighted by molar-refractivity contribution is 4.79. The van der Waals surface area contributed by atoms with E-state index in [4.69, 9.17) is 4.42 Å². The normalized spacial score (nSPS) is 10.5. The molecule has 74 valence electrons. The van der Waals surface area contributed by atoms with Crippen LogP contribution in [-0.2, 0) is 6.42 Å². The SMILES string of the molecule is CCCCCCCCc1ncco1. The van der Waals surface area contributed by atoms with Gasteiger partial charge in [0, 0.05) is 6.42 Å². The third-order valence-corrected chi connectivity index (χ3v) is 2.23. The van der Waals surface area contributed by atoms with Crippen molar-refractivity contribution in [3.05, 3.63) is 18.4 Å². The fourth-order valence-electron chi connectivity index (χ4n) is 1.43. The summed E-state index contributed by atoms with van der Waals surface area (Å²) < 4.78 is 5.15. The van der Waals surface area contributed by atoms with Crippen molar-refractivity contribution in [2.24, 2.45) is 0 Å². The summed E-state index contributed by atoms with van der Waals surface area (Å²) in [5, 5.41) is 0. The second kappa shape index (κ2) is 6.70. The van der Waals surface area contributed by atoms with Crippen molar-refractivity contribution in [3.8, 4) is 0 Å². The molecular formula is C11H19NO. The summed E-state index contributed by atoms with van der Waals surface area (Å²) in [5.74, 6) is 0.885. The maximum atomic E-state index is 5.15. The Kier molecular flexibility index (Phi) is 5.30. The third kappa shape index (κ3) is 4.71. The third-order valence-electron chi connectivity index (χ3n) is 2.23. The molecule has 0 aromatic carbocycles. The molecule has 0 radical (unpaired) electrons. The lowest BCUT2D eigenvalue weighted by molar-refractivity contribution is 0.478. The molecule has 0 bridgehead atoms. The van der Waals surface area contributed by atoms with Crippen molar-refractivity contribution in [1.29, 1.82) is 0 Å². The summed E-state index contributed by atoms with van der Waals surface area (Å²) in [4.78, 5) is 4.08. The molecule has 1 aromatic rings. The second-order valence-electron chi connectivity index (χ2n) is 3.44. The summed E-state index contributed by atoms with van der Waals surface area (Å²) in [5.41, 5.74) is 0. The molecule has 13 heavy (non-hydrogen) atoms. The Morgan fingerprint density at radius 2 is 1.92 bits per heavy atom. The first-order chi connectivity index (χ1) is 6.43. The summed E-state index contributed by atoms with van der Waals surface area (Å²) in [6.45, 7) is 2.24. The predicted octanol–water partition coefficient (Wildman–Crippen LogP) is 3.58. The van der Waals surface area contributed by atoms with Crippen LogP contribution in [-0.4, -0.2) is 4.98 Å². The lowest BCUT2D eigenvalue weighted by Gasteiger charge is -1.97. The molecule has 0 aliphatic heterocycles. The Bertz CT molecular complexity index is 194. The van der Waals surface area contributed by atoms with Crippen molar-refractivity contribution < 1.29 is 4.42 Å². The van der Waals surface area contributed by atoms with Gasteiger partial charge in [-0.15, -0.1) is 0 Å². The van der Waals surface area contributed by atoms with Crippen LogP contribution >= 0.6 is 0 Å². The Morgan fingerprint density at radius 1 is 1.15 bits per heavy atom. The highest BCUT2D eigenvalue weighted by atomic mass is 16.3. The van der Waals surface area contributed by atoms with E-state index in [9.17, 15) is 0 Å². The van der Waals surface area contributed by atoms with Crippen molar-refractivity contribution in [2.75, 3.05) is 0 Å². The van der Waals surface area contributed by atoms with Crippen LogP contribution in [0.3, 0.4) is 0 Å². The molecule has 0 N–H and O–H groups in total. The molecule has 0 amide bonds. The van der Waals surface area contributed by atoms with E-state index in [1.54, 1.807) is 12.5 Å². The van der Waals surface area contributed by atoms with E-state index < -0.39 is 0 Å². The molecule has 0 saturated carbocycles. The van der Waals surface area contributed by atoms with Gasteiger partial charge in [-0.05, 0) is 6.42 Å². The van der Waals surface area contributed by atoms with Crippen LogP contribution in [0, 0.1) is 0 Å². The second-order valence-corrected chi connectivity index (χ2v) is 3.44. The summed E-state index contributed by atoms with van der Waals surface area (Å²) in [6.07, 6.45) is 12.3. The minimum Gasteiger partial charge on any atom is -0.449 e. The van der Waals surface area contributed by atoms with Gasteiger partial charge in [-0.25, -0.2) is 4.98 Å². The molecule has 2 nitrogen and oxygen atoms in total. The Hall–Kier alpha value is -0.790. The van der Waals surface area contributed by atoms with E-state index in [1.165, 1.54) is 38.5 Å². The van der Waals surface area contributed by atoms with Gasteiger partial charge in [0.05, 0.1) is 6.20 Å². The van der Waals surface area contributed by atoms with Gasteiger partial charge in [0.2, 0.25) is 0 Å². The molecule has 0 saturated heterocycles. The van der Waals surface area contributed by atoms with Crippen LogP contribution in [0.1, 0.15) is 51.3 Å². The molecule has 0 spiro atoms. The molecule has 1 heterocycles. The lowest BCUT2D eigenvalue weighted by atomic mass is 10.1. The first kappa shape index (κ1) is 10.3. The van der Waals surface area contributed by atoms with Gasteiger partial charge < -0.3 is 4.42 Å². The van der Waals surface area contributed by atoms with Crippen molar-refractivity contribution >= 4 is 0 Å². The minimum atomic E-state index is 0.885. The highest BCUT2D eigenvalue weighted by Gasteiger charge is 1.96. The molecular weight excluding hydrogens is 162 g/mol. The van der Waals surface area contributed by atoms with E-state index in [2.05, 4.69) is 11.9 Å². The van der Waals surface area contributed by atoms with E-state index in [0.717, 1.165) is 12.3 Å². The zero-order valence-electron chi connectivity index (χ0n) is 8.46. The zero-order valence-corrected chi connectivity index (χ0v) is 8.46. The highest BCUT2D eigenvalue weighted by Crippen LogP contribution is 2.08. The number of hydrogen-bond acceptors (Lipinski definition) is 2. The first-order valence-corrected chi connectivity index (χ1v) is 5.32. The van der Waals surface area contributed by atoms with Crippen LogP contribution in [0.15, 0.2) is 16.9 Å². The maximum absolute atomic E-state index is 5.15. The lowest BCUT2D eigenvalue weighted by Crippen LogP contribution is -1.85. The number of hydrogen-bond donors (Lipinski definition) is 0. The van der Waals surface area contributed by atoms with Gasteiger partial charge in [0.1, 0.15) is 6.26 Å². The maximum Gasteiger partial charge on any atom is 0.193 e. The van der Waals surface area contributed by atoms with Gasteiger partial charge in [0.15, 0.2) is 5.89 Å².